The van der Waals surface area contributed by atoms with E-state index < -0.39 is 77.3 Å². The molecule has 0 aliphatic carbocycles. The molecule has 19 heteroatoms. The van der Waals surface area contributed by atoms with Crippen molar-refractivity contribution < 1.29 is 53.8 Å². The summed E-state index contributed by atoms with van der Waals surface area (Å²) in [7, 11) is 0. The average molecular weight is 1040 g/mol. The summed E-state index contributed by atoms with van der Waals surface area (Å²) < 4.78 is 18.4. The first kappa shape index (κ1) is 54.2. The van der Waals surface area contributed by atoms with Crippen LogP contribution < -0.4 is 26.1 Å². The molecule has 6 aliphatic heterocycles. The van der Waals surface area contributed by atoms with Gasteiger partial charge in [-0.05, 0) is 57.6 Å². The number of carbonyl (C=O) groups is 4. The normalized spacial score (nSPS) is 28.4. The Hall–Kier alpha value is -6.08. The Morgan fingerprint density at radius 2 is 1.70 bits per heavy atom. The number of aromatic hydroxyl groups is 2. The number of fused-ring (bicyclic) bond motifs is 13. The summed E-state index contributed by atoms with van der Waals surface area (Å²) in [6, 6.07) is 1.86. The Kier molecular flexibility index (Phi) is 16.1. The molecule has 9 rings (SSSR count). The average Bonchev–Trinajstić information content (AvgIpc) is 3.87. The molecule has 1 spiro atoms. The zero-order valence-electron chi connectivity index (χ0n) is 43.5. The number of carbonyl (C=O) groups excluding carboxylic acids is 4. The number of likely N-dealkylation sites (tertiary alicyclic amines) is 2. The van der Waals surface area contributed by atoms with Crippen LogP contribution in [0.15, 0.2) is 64.6 Å². The Labute approximate surface area is 436 Å². The van der Waals surface area contributed by atoms with E-state index in [-0.39, 0.29) is 74.5 Å². The third-order valence-corrected chi connectivity index (χ3v) is 15.7. The van der Waals surface area contributed by atoms with Crippen LogP contribution in [0.25, 0.3) is 10.8 Å². The fourth-order valence-electron chi connectivity index (χ4n) is 10.8. The minimum atomic E-state index is -1.95. The van der Waals surface area contributed by atoms with E-state index in [0.29, 0.717) is 68.5 Å². The minimum absolute atomic E-state index is 0.0500. The predicted molar refractivity (Wildman–Crippen MR) is 278 cm³/mol. The number of ether oxygens (including phenoxy) is 3. The number of pyridine rings is 1. The van der Waals surface area contributed by atoms with Gasteiger partial charge in [-0.2, -0.15) is 0 Å². The number of nitrogens with zero attached hydrogens (tertiary/aromatic N) is 5. The number of benzene rings is 2. The zero-order chi connectivity index (χ0) is 53.4. The van der Waals surface area contributed by atoms with E-state index in [1.54, 1.807) is 76.2 Å². The number of Topliss-reactive ketones (excluding diaryl/α,β-unsaturated/α-hetero) is 1. The molecule has 0 saturated carbocycles. The molecule has 5 bridgehead atoms. The van der Waals surface area contributed by atoms with Gasteiger partial charge in [-0.15, -0.1) is 0 Å². The van der Waals surface area contributed by atoms with Gasteiger partial charge in [0, 0.05) is 105 Å². The fraction of sp³-hybridized carbons (Fsp3) is 0.545. The molecule has 0 radical (unpaired) electrons. The first-order valence-electron chi connectivity index (χ1n) is 25.8. The summed E-state index contributed by atoms with van der Waals surface area (Å²) in [6.07, 6.45) is 10.1. The number of esters is 1. The number of anilines is 2. The van der Waals surface area contributed by atoms with Gasteiger partial charge in [0.2, 0.25) is 5.91 Å². The molecule has 2 aromatic carbocycles. The number of rotatable bonds is 7. The molecule has 6 N–H and O–H groups in total. The van der Waals surface area contributed by atoms with Crippen molar-refractivity contribution in [1.29, 1.82) is 0 Å². The maximum Gasteiger partial charge on any atom is 0.315 e. The van der Waals surface area contributed by atoms with E-state index in [9.17, 15) is 39.6 Å². The Morgan fingerprint density at radius 1 is 0.986 bits per heavy atom. The number of aliphatic hydroxyl groups is 2. The molecule has 6 aliphatic rings. The van der Waals surface area contributed by atoms with Crippen molar-refractivity contribution >= 4 is 57.3 Å². The Bertz CT molecular complexity index is 2910. The molecular weight excluding hydrogens is 970 g/mol. The summed E-state index contributed by atoms with van der Waals surface area (Å²) >= 11 is 6.29. The van der Waals surface area contributed by atoms with Gasteiger partial charge in [-0.3, -0.25) is 29.2 Å². The van der Waals surface area contributed by atoms with Crippen LogP contribution >= 0.6 is 11.6 Å². The highest BCUT2D eigenvalue weighted by Crippen LogP contribution is 2.51. The standard InChI is InChI=1S/C55H70ClN7O11/c1-29(2)28-62-23-18-55(19-24-62)60-44-41-42-49(68)34(7)51-43(41)52(70)54(8,74-51)72-25-10-9-14-38(73-40(65)26-39(64)63-21-16-35(17-22-63)58-37-15-20-57-27-36(37)56)32(5)48(67)33(6)47(66)30(3)12-11-13-31(4)53(71)59-46(50(42)69)45(44)61-55/h10-13,15,20,25,27,29-30,32-33,35,38,47-48,60,66-69H,9,14,16-19,21-24,26,28H2,1-8H3,(H,57,58)/b12-11+,25-10+,31-13-,59-46?/t30?,32-,33+,38+,47-,48?,54-/m0/s1. The third kappa shape index (κ3) is 11.0. The van der Waals surface area contributed by atoms with E-state index in [1.807, 2.05) is 0 Å². The molecule has 2 saturated heterocycles. The second-order valence-electron chi connectivity index (χ2n) is 21.3. The summed E-state index contributed by atoms with van der Waals surface area (Å²) in [5, 5.41) is 54.9. The molecule has 2 amide bonds. The van der Waals surface area contributed by atoms with Crippen molar-refractivity contribution in [3.63, 3.8) is 0 Å². The van der Waals surface area contributed by atoms with Gasteiger partial charge in [0.25, 0.3) is 11.7 Å². The van der Waals surface area contributed by atoms with E-state index in [1.165, 1.54) is 19.3 Å². The molecule has 2 fully saturated rings. The second-order valence-corrected chi connectivity index (χ2v) is 21.7. The number of phenols is 2. The number of allylic oxidation sites excluding steroid dienone is 3. The number of aliphatic hydroxyl groups excluding tert-OH is 2. The second kappa shape index (κ2) is 22.0. The van der Waals surface area contributed by atoms with Crippen molar-refractivity contribution in [3.05, 3.63) is 81.5 Å². The number of halogens is 1. The number of piperidine rings is 2. The molecule has 74 heavy (non-hydrogen) atoms. The van der Waals surface area contributed by atoms with Crippen LogP contribution in [0.2, 0.25) is 5.02 Å². The monoisotopic (exact) mass is 1040 g/mol. The number of aromatic nitrogens is 1. The Balaban J connectivity index is 1.09. The van der Waals surface area contributed by atoms with Crippen molar-refractivity contribution in [3.8, 4) is 17.2 Å². The van der Waals surface area contributed by atoms with Crippen LogP contribution in [0, 0.1) is 30.6 Å². The van der Waals surface area contributed by atoms with E-state index in [0.717, 1.165) is 12.2 Å². The van der Waals surface area contributed by atoms with Gasteiger partial charge in [0.05, 0.1) is 45.8 Å². The highest BCUT2D eigenvalue weighted by molar-refractivity contribution is 6.33. The van der Waals surface area contributed by atoms with Gasteiger partial charge in [0.1, 0.15) is 40.4 Å². The van der Waals surface area contributed by atoms with Crippen LogP contribution in [0.3, 0.4) is 0 Å². The van der Waals surface area contributed by atoms with Crippen LogP contribution in [0.1, 0.15) is 109 Å². The molecule has 7 atom stereocenters. The molecular formula is C55H70ClN7O11. The molecule has 1 aromatic heterocycles. The zero-order valence-corrected chi connectivity index (χ0v) is 44.2. The number of hydrogen-bond donors (Lipinski definition) is 6. The van der Waals surface area contributed by atoms with E-state index in [4.69, 9.17) is 30.8 Å². The molecule has 7 heterocycles. The minimum Gasteiger partial charge on any atom is -0.507 e. The van der Waals surface area contributed by atoms with Crippen LogP contribution in [-0.2, 0) is 23.9 Å². The van der Waals surface area contributed by atoms with Crippen molar-refractivity contribution in [2.75, 3.05) is 43.4 Å². The molecule has 2 unspecified atom stereocenters. The van der Waals surface area contributed by atoms with Gasteiger partial charge < -0.3 is 55.1 Å². The maximum atomic E-state index is 14.8. The summed E-state index contributed by atoms with van der Waals surface area (Å²) in [4.78, 5) is 73.5. The lowest BCUT2D eigenvalue weighted by Crippen LogP contribution is -2.47. The first-order valence-corrected chi connectivity index (χ1v) is 26.2. The van der Waals surface area contributed by atoms with Crippen molar-refractivity contribution in [1.82, 2.24) is 14.8 Å². The number of amides is 2. The largest absolute Gasteiger partial charge is 0.507 e. The fourth-order valence-corrected chi connectivity index (χ4v) is 11.0. The van der Waals surface area contributed by atoms with Gasteiger partial charge >= 0.3 is 11.8 Å². The number of ketones is 1. The van der Waals surface area contributed by atoms with Crippen LogP contribution in [-0.4, -0.2) is 127 Å². The van der Waals surface area contributed by atoms with Gasteiger partial charge in [-0.1, -0.05) is 64.4 Å². The van der Waals surface area contributed by atoms with Gasteiger partial charge in [-0.25, -0.2) is 4.99 Å². The lowest BCUT2D eigenvalue weighted by molar-refractivity contribution is -0.159. The molecule has 18 nitrogen and oxygen atoms in total. The van der Waals surface area contributed by atoms with Gasteiger partial charge in [0.15, 0.2) is 5.75 Å². The molecule has 3 aromatic rings. The maximum absolute atomic E-state index is 14.8. The third-order valence-electron chi connectivity index (χ3n) is 15.4. The summed E-state index contributed by atoms with van der Waals surface area (Å²) in [6.45, 7) is 17.2. The van der Waals surface area contributed by atoms with E-state index in [2.05, 4.69) is 39.4 Å². The Morgan fingerprint density at radius 3 is 2.39 bits per heavy atom. The van der Waals surface area contributed by atoms with Crippen molar-refractivity contribution in [2.45, 2.75) is 136 Å². The lowest BCUT2D eigenvalue weighted by atomic mass is 9.81. The van der Waals surface area contributed by atoms with Crippen LogP contribution in [0.5, 0.6) is 17.2 Å². The highest BCUT2D eigenvalue weighted by atomic mass is 35.5. The quantitative estimate of drug-likeness (QED) is 0.0852. The smallest absolute Gasteiger partial charge is 0.315 e. The predicted octanol–water partition coefficient (Wildman–Crippen LogP) is 6.40. The number of phenolic OH excluding ortho intramolecular Hbond substituents is 2. The SMILES string of the molecule is C/C1=C/C=C/C(C)[C@H](O)[C@@H](C)C(O)[C@@H](C)[C@H](OC(=O)CC(=O)N2CCC(Nc3ccncc3Cl)CC2)CC/C=C/O[C@@]2(C)Oc3c(C)c(O)c4c(O)c(c5c(c4c3C2=O)NC2(CCN(CC(C)C)CC2)N=5)=NC1=O. The summed E-state index contributed by atoms with van der Waals surface area (Å²) in [5.41, 5.74) is 0.594. The number of hydrogen-bond acceptors (Lipinski definition) is 16. The lowest BCUT2D eigenvalue weighted by Gasteiger charge is -2.38. The highest BCUT2D eigenvalue weighted by Gasteiger charge is 2.50. The molecule has 398 valence electrons. The summed E-state index contributed by atoms with van der Waals surface area (Å²) in [5.74, 6) is -6.78. The van der Waals surface area contributed by atoms with Crippen molar-refractivity contribution in [2.24, 2.45) is 33.7 Å². The van der Waals surface area contributed by atoms with E-state index >= 15 is 0 Å². The number of nitrogens with one attached hydrogen (secondary N) is 2. The van der Waals surface area contributed by atoms with Crippen LogP contribution in [0.4, 0.5) is 11.4 Å². The topological polar surface area (TPSA) is 245 Å². The first-order chi connectivity index (χ1) is 35.1.